The molecule has 2 aromatic carbocycles. The van der Waals surface area contributed by atoms with E-state index in [2.05, 4.69) is 76.0 Å². The number of likely N-dealkylation sites (tertiary alicyclic amines) is 1. The van der Waals surface area contributed by atoms with Crippen molar-refractivity contribution in [1.29, 1.82) is 0 Å². The highest BCUT2D eigenvalue weighted by Crippen LogP contribution is 2.24. The van der Waals surface area contributed by atoms with Crippen molar-refractivity contribution in [3.8, 4) is 5.69 Å². The van der Waals surface area contributed by atoms with E-state index in [0.717, 1.165) is 37.6 Å². The van der Waals surface area contributed by atoms with Crippen LogP contribution in [0.4, 0.5) is 0 Å². The van der Waals surface area contributed by atoms with Crippen LogP contribution in [0.3, 0.4) is 0 Å². The van der Waals surface area contributed by atoms with Crippen LogP contribution in [0.15, 0.2) is 54.9 Å². The molecule has 1 aliphatic rings. The Labute approximate surface area is 161 Å². The number of piperidine rings is 1. The smallest absolute Gasteiger partial charge is 0.137 e. The minimum atomic E-state index is 0.687. The molecule has 1 aromatic heterocycles. The summed E-state index contributed by atoms with van der Waals surface area (Å²) < 4.78 is 2.13. The molecule has 0 bridgehead atoms. The minimum absolute atomic E-state index is 0.687. The highest BCUT2D eigenvalue weighted by atomic mass is 15.3. The van der Waals surface area contributed by atoms with Gasteiger partial charge in [-0.3, -0.25) is 9.47 Å². The van der Waals surface area contributed by atoms with Gasteiger partial charge >= 0.3 is 0 Å². The Bertz CT molecular complexity index is 876. The molecule has 0 radical (unpaired) electrons. The maximum atomic E-state index is 4.39. The predicted molar refractivity (Wildman–Crippen MR) is 109 cm³/mol. The first-order chi connectivity index (χ1) is 13.2. The van der Waals surface area contributed by atoms with Crippen molar-refractivity contribution in [2.75, 3.05) is 13.1 Å². The summed E-state index contributed by atoms with van der Waals surface area (Å²) in [6.07, 6.45) is 5.30. The van der Waals surface area contributed by atoms with Crippen molar-refractivity contribution >= 4 is 0 Å². The molecule has 0 aliphatic carbocycles. The fourth-order valence-electron chi connectivity index (χ4n) is 4.07. The molecule has 4 heteroatoms. The number of hydrogen-bond donors (Lipinski definition) is 0. The molecular weight excluding hydrogens is 332 g/mol. The Morgan fingerprint density at radius 2 is 1.78 bits per heavy atom. The number of rotatable bonds is 5. The van der Waals surface area contributed by atoms with Crippen molar-refractivity contribution in [3.05, 3.63) is 77.4 Å². The SMILES string of the molecule is Cc1ccc(CN2CCC(Cc3nncn3-c3ccccc3)CC2)c(C)c1. The summed E-state index contributed by atoms with van der Waals surface area (Å²) in [6.45, 7) is 7.79. The quantitative estimate of drug-likeness (QED) is 0.679. The topological polar surface area (TPSA) is 34.0 Å². The molecule has 4 nitrogen and oxygen atoms in total. The fraction of sp³-hybridized carbons (Fsp3) is 0.391. The molecule has 3 aromatic rings. The third-order valence-electron chi connectivity index (χ3n) is 5.72. The van der Waals surface area contributed by atoms with Gasteiger partial charge in [0.15, 0.2) is 0 Å². The van der Waals surface area contributed by atoms with Crippen molar-refractivity contribution in [2.45, 2.75) is 39.7 Å². The van der Waals surface area contributed by atoms with E-state index in [1.807, 2.05) is 12.4 Å². The first-order valence-corrected chi connectivity index (χ1v) is 9.92. The Hall–Kier alpha value is -2.46. The van der Waals surface area contributed by atoms with E-state index < -0.39 is 0 Å². The van der Waals surface area contributed by atoms with Crippen molar-refractivity contribution < 1.29 is 0 Å². The van der Waals surface area contributed by atoms with Crippen LogP contribution in [-0.4, -0.2) is 32.8 Å². The van der Waals surface area contributed by atoms with Crippen LogP contribution in [0.5, 0.6) is 0 Å². The predicted octanol–water partition coefficient (Wildman–Crippen LogP) is 4.34. The standard InChI is InChI=1S/C23H28N4/c1-18-8-9-21(19(2)14-18)16-26-12-10-20(11-13-26)15-23-25-24-17-27(23)22-6-4-3-5-7-22/h3-9,14,17,20H,10-13,15-16H2,1-2H3. The zero-order chi connectivity index (χ0) is 18.6. The average Bonchev–Trinajstić information content (AvgIpc) is 3.14. The maximum absolute atomic E-state index is 4.39. The van der Waals surface area contributed by atoms with Crippen LogP contribution < -0.4 is 0 Å². The molecule has 140 valence electrons. The third kappa shape index (κ3) is 4.28. The van der Waals surface area contributed by atoms with Gasteiger partial charge in [0.25, 0.3) is 0 Å². The van der Waals surface area contributed by atoms with E-state index in [0.29, 0.717) is 5.92 Å². The largest absolute Gasteiger partial charge is 0.299 e. The van der Waals surface area contributed by atoms with Crippen LogP contribution >= 0.6 is 0 Å². The molecule has 0 N–H and O–H groups in total. The second-order valence-corrected chi connectivity index (χ2v) is 7.81. The van der Waals surface area contributed by atoms with Gasteiger partial charge in [0, 0.05) is 18.7 Å². The van der Waals surface area contributed by atoms with Gasteiger partial charge in [-0.05, 0) is 69.0 Å². The van der Waals surface area contributed by atoms with Gasteiger partial charge in [-0.25, -0.2) is 0 Å². The van der Waals surface area contributed by atoms with E-state index in [1.54, 1.807) is 0 Å². The van der Waals surface area contributed by atoms with E-state index in [-0.39, 0.29) is 0 Å². The summed E-state index contributed by atoms with van der Waals surface area (Å²) in [5, 5.41) is 8.55. The molecule has 0 saturated carbocycles. The summed E-state index contributed by atoms with van der Waals surface area (Å²) in [5.41, 5.74) is 5.36. The molecule has 27 heavy (non-hydrogen) atoms. The third-order valence-corrected chi connectivity index (χ3v) is 5.72. The van der Waals surface area contributed by atoms with Gasteiger partial charge in [0.2, 0.25) is 0 Å². The van der Waals surface area contributed by atoms with Gasteiger partial charge in [-0.15, -0.1) is 10.2 Å². The number of benzene rings is 2. The van der Waals surface area contributed by atoms with Gasteiger partial charge in [0.05, 0.1) is 0 Å². The lowest BCUT2D eigenvalue weighted by atomic mass is 9.92. The van der Waals surface area contributed by atoms with Gasteiger partial charge in [-0.2, -0.15) is 0 Å². The van der Waals surface area contributed by atoms with Crippen molar-refractivity contribution in [1.82, 2.24) is 19.7 Å². The summed E-state index contributed by atoms with van der Waals surface area (Å²) in [4.78, 5) is 2.59. The Balaban J connectivity index is 1.35. The maximum Gasteiger partial charge on any atom is 0.137 e. The summed E-state index contributed by atoms with van der Waals surface area (Å²) in [5.74, 6) is 1.76. The van der Waals surface area contributed by atoms with Gasteiger partial charge in [-0.1, -0.05) is 42.0 Å². The number of aryl methyl sites for hydroxylation is 2. The van der Waals surface area contributed by atoms with Crippen molar-refractivity contribution in [2.24, 2.45) is 5.92 Å². The Morgan fingerprint density at radius 1 is 1.00 bits per heavy atom. The lowest BCUT2D eigenvalue weighted by molar-refractivity contribution is 0.175. The molecule has 1 saturated heterocycles. The number of nitrogens with zero attached hydrogens (tertiary/aromatic N) is 4. The lowest BCUT2D eigenvalue weighted by Crippen LogP contribution is -2.34. The average molecular weight is 361 g/mol. The first-order valence-electron chi connectivity index (χ1n) is 9.92. The monoisotopic (exact) mass is 360 g/mol. The van der Waals surface area contributed by atoms with Gasteiger partial charge in [0.1, 0.15) is 12.2 Å². The first kappa shape index (κ1) is 17.9. The fourth-order valence-corrected chi connectivity index (χ4v) is 4.07. The number of hydrogen-bond acceptors (Lipinski definition) is 3. The molecule has 4 rings (SSSR count). The van der Waals surface area contributed by atoms with E-state index in [4.69, 9.17) is 0 Å². The molecular formula is C23H28N4. The summed E-state index contributed by atoms with van der Waals surface area (Å²) in [6, 6.07) is 17.2. The van der Waals surface area contributed by atoms with Crippen molar-refractivity contribution in [3.63, 3.8) is 0 Å². The number of aromatic nitrogens is 3. The number of para-hydroxylation sites is 1. The van der Waals surface area contributed by atoms with Gasteiger partial charge < -0.3 is 0 Å². The van der Waals surface area contributed by atoms with Crippen LogP contribution in [0.25, 0.3) is 5.69 Å². The van der Waals surface area contributed by atoms with E-state index in [1.165, 1.54) is 29.5 Å². The zero-order valence-corrected chi connectivity index (χ0v) is 16.3. The minimum Gasteiger partial charge on any atom is -0.299 e. The molecule has 0 unspecified atom stereocenters. The zero-order valence-electron chi connectivity index (χ0n) is 16.3. The summed E-state index contributed by atoms with van der Waals surface area (Å²) >= 11 is 0. The second-order valence-electron chi connectivity index (χ2n) is 7.81. The van der Waals surface area contributed by atoms with Crippen LogP contribution in [0.2, 0.25) is 0 Å². The normalized spacial score (nSPS) is 15.9. The second kappa shape index (κ2) is 8.05. The highest BCUT2D eigenvalue weighted by Gasteiger charge is 2.22. The van der Waals surface area contributed by atoms with E-state index in [9.17, 15) is 0 Å². The molecule has 2 heterocycles. The van der Waals surface area contributed by atoms with Crippen LogP contribution in [0.1, 0.15) is 35.4 Å². The van der Waals surface area contributed by atoms with Crippen LogP contribution in [-0.2, 0) is 13.0 Å². The molecule has 1 aliphatic heterocycles. The molecule has 0 atom stereocenters. The summed E-state index contributed by atoms with van der Waals surface area (Å²) in [7, 11) is 0. The lowest BCUT2D eigenvalue weighted by Gasteiger charge is -2.32. The Morgan fingerprint density at radius 3 is 2.52 bits per heavy atom. The van der Waals surface area contributed by atoms with Crippen LogP contribution in [0, 0.1) is 19.8 Å². The highest BCUT2D eigenvalue weighted by molar-refractivity contribution is 5.32. The molecule has 1 fully saturated rings. The van der Waals surface area contributed by atoms with E-state index >= 15 is 0 Å². The molecule has 0 spiro atoms. The Kier molecular flexibility index (Phi) is 5.35. The molecule has 0 amide bonds.